The lowest BCUT2D eigenvalue weighted by molar-refractivity contribution is -0.168. The van der Waals surface area contributed by atoms with Crippen molar-refractivity contribution in [2.75, 3.05) is 0 Å². The van der Waals surface area contributed by atoms with E-state index in [4.69, 9.17) is 9.47 Å². The van der Waals surface area contributed by atoms with Crippen molar-refractivity contribution in [2.45, 2.75) is 72.7 Å². The highest BCUT2D eigenvalue weighted by Crippen LogP contribution is 2.52. The highest BCUT2D eigenvalue weighted by Gasteiger charge is 2.48. The van der Waals surface area contributed by atoms with Gasteiger partial charge >= 0.3 is 5.97 Å². The Morgan fingerprint density at radius 2 is 2.00 bits per heavy atom. The quantitative estimate of drug-likeness (QED) is 0.423. The summed E-state index contributed by atoms with van der Waals surface area (Å²) >= 11 is 0. The lowest BCUT2D eigenvalue weighted by Gasteiger charge is -2.46. The summed E-state index contributed by atoms with van der Waals surface area (Å²) in [7, 11) is 0. The van der Waals surface area contributed by atoms with Gasteiger partial charge in [0.15, 0.2) is 0 Å². The molecule has 0 aromatic heterocycles. The predicted octanol–water partition coefficient (Wildman–Crippen LogP) is 4.63. The summed E-state index contributed by atoms with van der Waals surface area (Å²) in [6, 6.07) is 0. The van der Waals surface area contributed by atoms with Crippen LogP contribution in [-0.2, 0) is 14.3 Å². The largest absolute Gasteiger partial charge is 0.428 e. The van der Waals surface area contributed by atoms with Crippen LogP contribution in [0.1, 0.15) is 60.3 Å². The van der Waals surface area contributed by atoms with Crippen LogP contribution in [0.2, 0.25) is 0 Å². The van der Waals surface area contributed by atoms with Gasteiger partial charge in [0.2, 0.25) is 6.29 Å². The Hall–Kier alpha value is -1.09. The molecule has 3 nitrogen and oxygen atoms in total. The third-order valence-corrected chi connectivity index (χ3v) is 6.09. The normalized spacial score (nSPS) is 39.5. The van der Waals surface area contributed by atoms with Crippen molar-refractivity contribution in [1.29, 1.82) is 0 Å². The molecule has 23 heavy (non-hydrogen) atoms. The van der Waals surface area contributed by atoms with Crippen LogP contribution < -0.4 is 0 Å². The maximum absolute atomic E-state index is 11.9. The topological polar surface area (TPSA) is 35.5 Å². The summed E-state index contributed by atoms with van der Waals surface area (Å²) in [6.45, 7) is 10.6. The summed E-state index contributed by atoms with van der Waals surface area (Å²) in [6.07, 6.45) is 6.32. The zero-order valence-corrected chi connectivity index (χ0v) is 15.1. The molecule has 1 aliphatic heterocycles. The first-order chi connectivity index (χ1) is 10.9. The van der Waals surface area contributed by atoms with E-state index < -0.39 is 6.29 Å². The Kier molecular flexibility index (Phi) is 4.68. The Balaban J connectivity index is 1.79. The number of esters is 1. The van der Waals surface area contributed by atoms with E-state index in [1.54, 1.807) is 0 Å². The second kappa shape index (κ2) is 6.43. The average molecular weight is 318 g/mol. The minimum Gasteiger partial charge on any atom is -0.428 e. The van der Waals surface area contributed by atoms with Crippen molar-refractivity contribution in [3.63, 3.8) is 0 Å². The Morgan fingerprint density at radius 1 is 1.26 bits per heavy atom. The Bertz CT molecular complexity index is 541. The van der Waals surface area contributed by atoms with Crippen LogP contribution in [0.5, 0.6) is 0 Å². The fourth-order valence-electron chi connectivity index (χ4n) is 5.25. The minimum absolute atomic E-state index is 0.154. The van der Waals surface area contributed by atoms with E-state index in [-0.39, 0.29) is 12.1 Å². The highest BCUT2D eigenvalue weighted by atomic mass is 16.7. The van der Waals surface area contributed by atoms with Gasteiger partial charge in [-0.25, -0.2) is 4.79 Å². The number of ether oxygens (including phenoxy) is 2. The van der Waals surface area contributed by atoms with Gasteiger partial charge in [-0.3, -0.25) is 0 Å². The van der Waals surface area contributed by atoms with E-state index in [9.17, 15) is 4.79 Å². The lowest BCUT2D eigenvalue weighted by atomic mass is 9.59. The van der Waals surface area contributed by atoms with Gasteiger partial charge in [-0.05, 0) is 62.0 Å². The van der Waals surface area contributed by atoms with E-state index in [1.807, 2.05) is 13.8 Å². The third kappa shape index (κ3) is 3.13. The van der Waals surface area contributed by atoms with Crippen molar-refractivity contribution in [3.8, 4) is 0 Å². The van der Waals surface area contributed by atoms with Crippen LogP contribution in [0.4, 0.5) is 0 Å². The predicted molar refractivity (Wildman–Crippen MR) is 90.7 cm³/mol. The van der Waals surface area contributed by atoms with Crippen LogP contribution in [0.15, 0.2) is 22.8 Å². The first-order valence-electron chi connectivity index (χ1n) is 9.10. The molecule has 2 saturated carbocycles. The van der Waals surface area contributed by atoms with Crippen LogP contribution >= 0.6 is 0 Å². The van der Waals surface area contributed by atoms with Gasteiger partial charge in [0.25, 0.3) is 0 Å². The summed E-state index contributed by atoms with van der Waals surface area (Å²) in [5.74, 6) is 2.56. The smallest absolute Gasteiger partial charge is 0.333 e. The Morgan fingerprint density at radius 3 is 2.70 bits per heavy atom. The fourth-order valence-corrected chi connectivity index (χ4v) is 5.25. The molecule has 0 aromatic rings. The monoisotopic (exact) mass is 318 g/mol. The van der Waals surface area contributed by atoms with E-state index >= 15 is 0 Å². The van der Waals surface area contributed by atoms with E-state index in [0.29, 0.717) is 5.92 Å². The van der Waals surface area contributed by atoms with Crippen LogP contribution in [0, 0.1) is 23.7 Å². The molecule has 6 atom stereocenters. The first kappa shape index (κ1) is 16.8. The summed E-state index contributed by atoms with van der Waals surface area (Å²) in [5, 5.41) is 0. The lowest BCUT2D eigenvalue weighted by Crippen LogP contribution is -2.41. The van der Waals surface area contributed by atoms with Crippen LogP contribution in [-0.4, -0.2) is 18.4 Å². The molecule has 0 bridgehead atoms. The fraction of sp³-hybridized carbons (Fsp3) is 0.750. The zero-order valence-electron chi connectivity index (χ0n) is 15.1. The van der Waals surface area contributed by atoms with Crippen molar-refractivity contribution < 1.29 is 14.3 Å². The standard InChI is InChI=1S/C20H30O3/c1-11(2)9-17(21)23-20-14(5)19-13(4)18-12(3)7-6-8-15(18)10-16(19)22-20/h9,12-13,15-16,18,20H,6-8,10H2,1-5H3/t12-,13-,15?,16+,18?,20?/m0/s1. The summed E-state index contributed by atoms with van der Waals surface area (Å²) in [5.41, 5.74) is 3.49. The highest BCUT2D eigenvalue weighted by molar-refractivity contribution is 5.82. The van der Waals surface area contributed by atoms with E-state index in [2.05, 4.69) is 20.8 Å². The van der Waals surface area contributed by atoms with Crippen LogP contribution in [0.3, 0.4) is 0 Å². The Labute approximate surface area is 140 Å². The maximum atomic E-state index is 11.9. The molecule has 0 amide bonds. The van der Waals surface area contributed by atoms with Crippen LogP contribution in [0.25, 0.3) is 0 Å². The SMILES string of the molecule is CC(C)=CC(=O)OC1O[C@@H]2CC3CCC[C@H](C)C3[C@H](C)C2=C1C. The number of allylic oxidation sites excluding steroid dienone is 1. The molecule has 3 unspecified atom stereocenters. The molecule has 2 fully saturated rings. The van der Waals surface area contributed by atoms with Crippen molar-refractivity contribution in [2.24, 2.45) is 23.7 Å². The molecule has 128 valence electrons. The summed E-state index contributed by atoms with van der Waals surface area (Å²) < 4.78 is 11.7. The number of hydrogen-bond donors (Lipinski definition) is 0. The number of carbonyl (C=O) groups excluding carboxylic acids is 1. The van der Waals surface area contributed by atoms with Gasteiger partial charge in [-0.15, -0.1) is 0 Å². The second-order valence-electron chi connectivity index (χ2n) is 8.02. The van der Waals surface area contributed by atoms with E-state index in [0.717, 1.165) is 35.3 Å². The molecule has 2 aliphatic carbocycles. The minimum atomic E-state index is -0.490. The van der Waals surface area contributed by atoms with Crippen molar-refractivity contribution >= 4 is 5.97 Å². The zero-order chi connectivity index (χ0) is 16.7. The molecule has 3 aliphatic rings. The molecule has 0 aromatic carbocycles. The number of carbonyl (C=O) groups is 1. The van der Waals surface area contributed by atoms with Gasteiger partial charge in [-0.2, -0.15) is 0 Å². The molecule has 3 rings (SSSR count). The molecular weight excluding hydrogens is 288 g/mol. The second-order valence-corrected chi connectivity index (χ2v) is 8.02. The number of rotatable bonds is 2. The van der Waals surface area contributed by atoms with Crippen molar-refractivity contribution in [3.05, 3.63) is 22.8 Å². The first-order valence-corrected chi connectivity index (χ1v) is 9.10. The number of hydrogen-bond acceptors (Lipinski definition) is 3. The van der Waals surface area contributed by atoms with Gasteiger partial charge in [0, 0.05) is 6.08 Å². The molecule has 0 N–H and O–H groups in total. The van der Waals surface area contributed by atoms with E-state index in [1.165, 1.54) is 30.9 Å². The molecule has 0 saturated heterocycles. The van der Waals surface area contributed by atoms with Gasteiger partial charge < -0.3 is 9.47 Å². The average Bonchev–Trinajstić information content (AvgIpc) is 2.74. The summed E-state index contributed by atoms with van der Waals surface area (Å²) in [4.78, 5) is 11.9. The molecular formula is C20H30O3. The van der Waals surface area contributed by atoms with Gasteiger partial charge in [0.1, 0.15) is 0 Å². The third-order valence-electron chi connectivity index (χ3n) is 6.09. The maximum Gasteiger partial charge on any atom is 0.333 e. The number of fused-ring (bicyclic) bond motifs is 2. The molecule has 0 spiro atoms. The van der Waals surface area contributed by atoms with Gasteiger partial charge in [-0.1, -0.05) is 38.7 Å². The molecule has 3 heteroatoms. The molecule has 0 radical (unpaired) electrons. The molecule has 1 heterocycles. The van der Waals surface area contributed by atoms with Crippen molar-refractivity contribution in [1.82, 2.24) is 0 Å². The van der Waals surface area contributed by atoms with Gasteiger partial charge in [0.05, 0.1) is 6.10 Å².